The molecule has 0 N–H and O–H groups in total. The number of hydrogen-bond donors (Lipinski definition) is 0. The van der Waals surface area contributed by atoms with Crippen LogP contribution in [0, 0.1) is 6.92 Å². The molecule has 0 aromatic heterocycles. The average molecular weight is 186 g/mol. The van der Waals surface area contributed by atoms with Gasteiger partial charge in [-0.2, -0.15) is 0 Å². The van der Waals surface area contributed by atoms with Crippen LogP contribution in [0.3, 0.4) is 0 Å². The van der Waals surface area contributed by atoms with E-state index in [9.17, 15) is 0 Å². The lowest BCUT2D eigenvalue weighted by atomic mass is 10.0. The van der Waals surface area contributed by atoms with Crippen LogP contribution in [0.4, 0.5) is 0 Å². The van der Waals surface area contributed by atoms with Crippen molar-refractivity contribution in [3.05, 3.63) is 54.1 Å². The highest BCUT2D eigenvalue weighted by Gasteiger charge is 1.96. The van der Waals surface area contributed by atoms with Gasteiger partial charge in [0.1, 0.15) is 0 Å². The third kappa shape index (κ3) is 2.88. The zero-order valence-corrected chi connectivity index (χ0v) is 9.09. The van der Waals surface area contributed by atoms with Gasteiger partial charge in [0.25, 0.3) is 0 Å². The summed E-state index contributed by atoms with van der Waals surface area (Å²) in [6.45, 7) is 8.15. The Morgan fingerprint density at radius 1 is 1.43 bits per heavy atom. The predicted octanol–water partition coefficient (Wildman–Crippen LogP) is 4.36. The standard InChI is InChI=1S/C14H18/c1-4-6-9-13(5-2)14-10-7-8-12(3)11-14/h5,7-11H,2,4,6H2,1,3H3/b13-9+. The predicted molar refractivity (Wildman–Crippen MR) is 64.3 cm³/mol. The van der Waals surface area contributed by atoms with Crippen LogP contribution >= 0.6 is 0 Å². The number of benzene rings is 1. The maximum absolute atomic E-state index is 3.85. The topological polar surface area (TPSA) is 0 Å². The van der Waals surface area contributed by atoms with Gasteiger partial charge in [0.05, 0.1) is 0 Å². The molecule has 0 unspecified atom stereocenters. The fourth-order valence-electron chi connectivity index (χ4n) is 1.44. The van der Waals surface area contributed by atoms with Crippen LogP contribution in [0.25, 0.3) is 5.57 Å². The minimum absolute atomic E-state index is 1.12. The van der Waals surface area contributed by atoms with Crippen molar-refractivity contribution in [1.29, 1.82) is 0 Å². The summed E-state index contributed by atoms with van der Waals surface area (Å²) in [4.78, 5) is 0. The zero-order chi connectivity index (χ0) is 10.4. The summed E-state index contributed by atoms with van der Waals surface area (Å²) in [6.07, 6.45) is 6.49. The van der Waals surface area contributed by atoms with Crippen molar-refractivity contribution in [3.8, 4) is 0 Å². The fraction of sp³-hybridized carbons (Fsp3) is 0.286. The molecule has 1 aromatic rings. The second-order valence-electron chi connectivity index (χ2n) is 3.52. The molecular formula is C14H18. The van der Waals surface area contributed by atoms with Gasteiger partial charge in [0.15, 0.2) is 0 Å². The third-order valence-electron chi connectivity index (χ3n) is 2.22. The molecule has 0 heteroatoms. The summed E-state index contributed by atoms with van der Waals surface area (Å²) in [5, 5.41) is 0. The lowest BCUT2D eigenvalue weighted by Gasteiger charge is -2.03. The van der Waals surface area contributed by atoms with Gasteiger partial charge in [-0.05, 0) is 24.5 Å². The van der Waals surface area contributed by atoms with E-state index in [1.54, 1.807) is 0 Å². The zero-order valence-electron chi connectivity index (χ0n) is 9.09. The molecule has 0 radical (unpaired) electrons. The van der Waals surface area contributed by atoms with Gasteiger partial charge >= 0.3 is 0 Å². The minimum atomic E-state index is 1.12. The van der Waals surface area contributed by atoms with Crippen LogP contribution in [0.2, 0.25) is 0 Å². The number of allylic oxidation sites excluding steroid dienone is 3. The Bertz CT molecular complexity index is 332. The van der Waals surface area contributed by atoms with Crippen LogP contribution in [0.1, 0.15) is 30.9 Å². The van der Waals surface area contributed by atoms with Gasteiger partial charge in [-0.15, -0.1) is 0 Å². The second-order valence-corrected chi connectivity index (χ2v) is 3.52. The molecule has 0 aliphatic carbocycles. The monoisotopic (exact) mass is 186 g/mol. The quantitative estimate of drug-likeness (QED) is 0.613. The Balaban J connectivity index is 2.94. The first-order valence-corrected chi connectivity index (χ1v) is 5.17. The van der Waals surface area contributed by atoms with Crippen molar-refractivity contribution < 1.29 is 0 Å². The number of aryl methyl sites for hydroxylation is 1. The SMILES string of the molecule is C=C/C(=C\CCC)c1cccc(C)c1. The van der Waals surface area contributed by atoms with Crippen LogP contribution < -0.4 is 0 Å². The second kappa shape index (κ2) is 5.43. The molecule has 0 atom stereocenters. The van der Waals surface area contributed by atoms with Gasteiger partial charge in [-0.1, -0.05) is 61.9 Å². The van der Waals surface area contributed by atoms with Crippen molar-refractivity contribution in [1.82, 2.24) is 0 Å². The summed E-state index contributed by atoms with van der Waals surface area (Å²) < 4.78 is 0. The lowest BCUT2D eigenvalue weighted by Crippen LogP contribution is -1.82. The van der Waals surface area contributed by atoms with E-state index in [0.29, 0.717) is 0 Å². The minimum Gasteiger partial charge on any atom is -0.0985 e. The molecule has 0 heterocycles. The normalized spacial score (nSPS) is 11.4. The molecule has 74 valence electrons. The highest BCUT2D eigenvalue weighted by Crippen LogP contribution is 2.17. The van der Waals surface area contributed by atoms with Gasteiger partial charge in [0, 0.05) is 0 Å². The molecule has 0 nitrogen and oxygen atoms in total. The summed E-state index contributed by atoms with van der Waals surface area (Å²) in [5.74, 6) is 0. The molecule has 0 amide bonds. The largest absolute Gasteiger partial charge is 0.0985 e. The molecule has 0 fully saturated rings. The molecule has 0 saturated carbocycles. The molecule has 1 aromatic carbocycles. The Kier molecular flexibility index (Phi) is 4.18. The number of unbranched alkanes of at least 4 members (excludes halogenated alkanes) is 1. The van der Waals surface area contributed by atoms with Crippen molar-refractivity contribution in [3.63, 3.8) is 0 Å². The van der Waals surface area contributed by atoms with Crippen molar-refractivity contribution in [2.75, 3.05) is 0 Å². The van der Waals surface area contributed by atoms with E-state index in [0.717, 1.165) is 6.42 Å². The smallest absolute Gasteiger partial charge is 0.0185 e. The fourth-order valence-corrected chi connectivity index (χ4v) is 1.44. The van der Waals surface area contributed by atoms with Gasteiger partial charge in [-0.25, -0.2) is 0 Å². The van der Waals surface area contributed by atoms with E-state index < -0.39 is 0 Å². The van der Waals surface area contributed by atoms with E-state index in [2.05, 4.69) is 50.8 Å². The summed E-state index contributed by atoms with van der Waals surface area (Å²) >= 11 is 0. The molecule has 0 aliphatic heterocycles. The first-order chi connectivity index (χ1) is 6.77. The van der Waals surface area contributed by atoms with E-state index in [4.69, 9.17) is 0 Å². The Morgan fingerprint density at radius 3 is 2.79 bits per heavy atom. The highest BCUT2D eigenvalue weighted by atomic mass is 14.0. The molecule has 1 rings (SSSR count). The van der Waals surface area contributed by atoms with Crippen LogP contribution in [-0.4, -0.2) is 0 Å². The van der Waals surface area contributed by atoms with Crippen LogP contribution in [-0.2, 0) is 0 Å². The molecule has 0 spiro atoms. The molecule has 14 heavy (non-hydrogen) atoms. The maximum atomic E-state index is 3.85. The van der Waals surface area contributed by atoms with Crippen LogP contribution in [0.15, 0.2) is 43.0 Å². The first-order valence-electron chi connectivity index (χ1n) is 5.17. The number of rotatable bonds is 4. The van der Waals surface area contributed by atoms with Crippen molar-refractivity contribution >= 4 is 5.57 Å². The Hall–Kier alpha value is -1.30. The maximum Gasteiger partial charge on any atom is -0.0185 e. The van der Waals surface area contributed by atoms with Gasteiger partial charge in [-0.3, -0.25) is 0 Å². The highest BCUT2D eigenvalue weighted by molar-refractivity contribution is 5.73. The van der Waals surface area contributed by atoms with Crippen molar-refractivity contribution in [2.24, 2.45) is 0 Å². The van der Waals surface area contributed by atoms with E-state index in [-0.39, 0.29) is 0 Å². The average Bonchev–Trinajstić information content (AvgIpc) is 2.19. The summed E-state index contributed by atoms with van der Waals surface area (Å²) in [5.41, 5.74) is 3.82. The molecule has 0 aliphatic rings. The van der Waals surface area contributed by atoms with Crippen LogP contribution in [0.5, 0.6) is 0 Å². The van der Waals surface area contributed by atoms with E-state index >= 15 is 0 Å². The Labute approximate surface area is 87.0 Å². The lowest BCUT2D eigenvalue weighted by molar-refractivity contribution is 0.960. The first kappa shape index (κ1) is 10.8. The third-order valence-corrected chi connectivity index (χ3v) is 2.22. The summed E-state index contributed by atoms with van der Waals surface area (Å²) in [6, 6.07) is 8.54. The van der Waals surface area contributed by atoms with E-state index in [1.165, 1.54) is 23.1 Å². The molecular weight excluding hydrogens is 168 g/mol. The van der Waals surface area contributed by atoms with Crippen molar-refractivity contribution in [2.45, 2.75) is 26.7 Å². The number of hydrogen-bond acceptors (Lipinski definition) is 0. The Morgan fingerprint density at radius 2 is 2.21 bits per heavy atom. The molecule has 0 saturated heterocycles. The van der Waals surface area contributed by atoms with E-state index in [1.807, 2.05) is 6.08 Å². The van der Waals surface area contributed by atoms with Gasteiger partial charge < -0.3 is 0 Å². The van der Waals surface area contributed by atoms with Gasteiger partial charge in [0.2, 0.25) is 0 Å². The molecule has 0 bridgehead atoms. The summed E-state index contributed by atoms with van der Waals surface area (Å²) in [7, 11) is 0.